The minimum absolute atomic E-state index is 0. The first-order chi connectivity index (χ1) is 0. The van der Waals surface area contributed by atoms with Crippen LogP contribution in [0.25, 0.3) is 0 Å². The first kappa shape index (κ1) is 159. The van der Waals surface area contributed by atoms with E-state index >= 15 is 0 Å². The molecule has 0 aromatic carbocycles. The fourth-order valence-electron chi connectivity index (χ4n) is 0. The van der Waals surface area contributed by atoms with Gasteiger partial charge in [0.2, 0.25) is 0 Å². The van der Waals surface area contributed by atoms with Crippen LogP contribution < -0.4 is 0 Å². The van der Waals surface area contributed by atoms with Crippen LogP contribution in [0, 0.1) is 0 Å². The SMILES string of the molecule is Cl.Cl.Cl.Cl.Cl.Cl.Cl.Cl.Cl.[NaH].[NaH].[NaH].[NaH].[NaH]. The molecule has 0 bridgehead atoms. The molecule has 0 aliphatic carbocycles. The van der Waals surface area contributed by atoms with E-state index in [0.29, 0.717) is 0 Å². The summed E-state index contributed by atoms with van der Waals surface area (Å²) >= 11 is 0. The molecule has 0 aliphatic rings. The molecule has 14 heteroatoms. The Balaban J connectivity index is 0. The van der Waals surface area contributed by atoms with E-state index in [4.69, 9.17) is 0 Å². The van der Waals surface area contributed by atoms with Gasteiger partial charge in [0.15, 0.2) is 0 Å². The van der Waals surface area contributed by atoms with E-state index in [-0.39, 0.29) is 259 Å². The molecule has 0 rings (SSSR count). The summed E-state index contributed by atoms with van der Waals surface area (Å²) in [6.07, 6.45) is 0. The third kappa shape index (κ3) is 117. The van der Waals surface area contributed by atoms with Gasteiger partial charge in [0.1, 0.15) is 0 Å². The summed E-state index contributed by atoms with van der Waals surface area (Å²) in [5.41, 5.74) is 0. The van der Waals surface area contributed by atoms with Crippen molar-refractivity contribution in [1.29, 1.82) is 0 Å². The Morgan fingerprint density at radius 3 is 0.143 bits per heavy atom. The summed E-state index contributed by atoms with van der Waals surface area (Å²) in [6, 6.07) is 0. The monoisotopic (exact) mass is 444 g/mol. The van der Waals surface area contributed by atoms with Gasteiger partial charge in [-0.05, 0) is 0 Å². The van der Waals surface area contributed by atoms with Gasteiger partial charge in [0, 0.05) is 0 Å². The molecule has 0 radical (unpaired) electrons. The van der Waals surface area contributed by atoms with Gasteiger partial charge in [-0.25, -0.2) is 0 Å². The van der Waals surface area contributed by atoms with Gasteiger partial charge < -0.3 is 0 Å². The Morgan fingerprint density at radius 1 is 0.143 bits per heavy atom. The number of hydrogen-bond acceptors (Lipinski definition) is 0. The van der Waals surface area contributed by atoms with E-state index in [1.165, 1.54) is 0 Å². The Morgan fingerprint density at radius 2 is 0.143 bits per heavy atom. The van der Waals surface area contributed by atoms with Crippen molar-refractivity contribution in [1.82, 2.24) is 0 Å². The second-order valence-corrected chi connectivity index (χ2v) is 0. The number of halogens is 9. The summed E-state index contributed by atoms with van der Waals surface area (Å²) in [6.45, 7) is 0. The zero-order valence-electron chi connectivity index (χ0n) is 3.67. The van der Waals surface area contributed by atoms with Gasteiger partial charge in [-0.2, -0.15) is 0 Å². The van der Waals surface area contributed by atoms with E-state index in [0.717, 1.165) is 0 Å². The van der Waals surface area contributed by atoms with Crippen molar-refractivity contribution < 1.29 is 0 Å². The first-order valence-corrected chi connectivity index (χ1v) is 0. The van der Waals surface area contributed by atoms with E-state index in [1.54, 1.807) is 0 Å². The molecule has 0 saturated carbocycles. The Bertz CT molecular complexity index is 13.2. The van der Waals surface area contributed by atoms with Crippen molar-refractivity contribution in [3.05, 3.63) is 0 Å². The quantitative estimate of drug-likeness (QED) is 0.476. The van der Waals surface area contributed by atoms with Crippen molar-refractivity contribution in [3.8, 4) is 0 Å². The number of rotatable bonds is 0. The van der Waals surface area contributed by atoms with Crippen LogP contribution in [0.1, 0.15) is 0 Å². The molecule has 14 heavy (non-hydrogen) atoms. The zero-order valence-corrected chi connectivity index (χ0v) is 11.0. The fraction of sp³-hybridized carbons (Fsp3) is 0. The molecule has 0 aromatic rings. The molecular weight excluding hydrogens is 434 g/mol. The van der Waals surface area contributed by atoms with Crippen molar-refractivity contribution in [2.45, 2.75) is 0 Å². The third-order valence-electron chi connectivity index (χ3n) is 0. The molecule has 0 aliphatic heterocycles. The summed E-state index contributed by atoms with van der Waals surface area (Å²) < 4.78 is 0. The Kier molecular flexibility index (Phi) is 1550. The second kappa shape index (κ2) is 137. The molecule has 0 amide bonds. The predicted molar refractivity (Wildman–Crippen MR) is 101 cm³/mol. The van der Waals surface area contributed by atoms with Gasteiger partial charge in [0.05, 0.1) is 0 Å². The molecule has 82 valence electrons. The van der Waals surface area contributed by atoms with E-state index < -0.39 is 0 Å². The maximum absolute atomic E-state index is 0. The van der Waals surface area contributed by atoms with Crippen LogP contribution in [-0.4, -0.2) is 148 Å². The second-order valence-electron chi connectivity index (χ2n) is 0. The van der Waals surface area contributed by atoms with Gasteiger partial charge in [-0.3, -0.25) is 0 Å². The molecule has 0 heterocycles. The van der Waals surface area contributed by atoms with E-state index in [2.05, 4.69) is 0 Å². The van der Waals surface area contributed by atoms with Crippen LogP contribution >= 0.6 is 112 Å². The van der Waals surface area contributed by atoms with Crippen molar-refractivity contribution in [2.75, 3.05) is 0 Å². The molecular formula is H14Cl9Na5. The van der Waals surface area contributed by atoms with Gasteiger partial charge >= 0.3 is 148 Å². The summed E-state index contributed by atoms with van der Waals surface area (Å²) in [5.74, 6) is 0. The van der Waals surface area contributed by atoms with Crippen molar-refractivity contribution >= 4 is 259 Å². The summed E-state index contributed by atoms with van der Waals surface area (Å²) in [7, 11) is 0. The Hall–Kier alpha value is 7.61. The first-order valence-electron chi connectivity index (χ1n) is 0. The molecule has 0 N–H and O–H groups in total. The fourth-order valence-corrected chi connectivity index (χ4v) is 0. The van der Waals surface area contributed by atoms with Crippen molar-refractivity contribution in [2.24, 2.45) is 0 Å². The average molecular weight is 448 g/mol. The summed E-state index contributed by atoms with van der Waals surface area (Å²) in [5, 5.41) is 0. The van der Waals surface area contributed by atoms with Crippen LogP contribution in [0.15, 0.2) is 0 Å². The number of hydrogen-bond donors (Lipinski definition) is 0. The predicted octanol–water partition coefficient (Wildman–Crippen LogP) is 0.554. The maximum atomic E-state index is 0. The minimum atomic E-state index is 0. The molecule has 0 fully saturated rings. The summed E-state index contributed by atoms with van der Waals surface area (Å²) in [4.78, 5) is 0. The van der Waals surface area contributed by atoms with Crippen molar-refractivity contribution in [3.63, 3.8) is 0 Å². The Labute approximate surface area is 253 Å². The molecule has 0 nitrogen and oxygen atoms in total. The normalized spacial score (nSPS) is 0. The van der Waals surface area contributed by atoms with Crippen LogP contribution in [0.2, 0.25) is 0 Å². The molecule has 0 atom stereocenters. The molecule has 0 saturated heterocycles. The van der Waals surface area contributed by atoms with E-state index in [1.807, 2.05) is 0 Å². The standard InChI is InChI=1S/9ClH.5Na.5H/h9*1H;;;;;;;;;;. The topological polar surface area (TPSA) is 0 Å². The average Bonchev–Trinajstić information content (AvgIpc) is 0. The molecule has 0 aromatic heterocycles. The molecule has 0 spiro atoms. The van der Waals surface area contributed by atoms with E-state index in [9.17, 15) is 0 Å². The third-order valence-corrected chi connectivity index (χ3v) is 0. The van der Waals surface area contributed by atoms with Crippen LogP contribution in [-0.2, 0) is 0 Å². The van der Waals surface area contributed by atoms with Gasteiger partial charge in [-0.1, -0.05) is 0 Å². The zero-order chi connectivity index (χ0) is 0. The van der Waals surface area contributed by atoms with Gasteiger partial charge in [0.25, 0.3) is 0 Å². The van der Waals surface area contributed by atoms with Crippen LogP contribution in [0.5, 0.6) is 0 Å². The van der Waals surface area contributed by atoms with Crippen LogP contribution in [0.4, 0.5) is 0 Å². The van der Waals surface area contributed by atoms with Gasteiger partial charge in [-0.15, -0.1) is 112 Å². The van der Waals surface area contributed by atoms with Crippen LogP contribution in [0.3, 0.4) is 0 Å². The molecule has 0 unspecified atom stereocenters.